The first-order valence-corrected chi connectivity index (χ1v) is 13.3. The van der Waals surface area contributed by atoms with E-state index in [1.54, 1.807) is 57.4 Å². The molecule has 0 aliphatic carbocycles. The van der Waals surface area contributed by atoms with Crippen LogP contribution in [0.2, 0.25) is 5.02 Å². The average molecular weight is 571 g/mol. The van der Waals surface area contributed by atoms with Crippen molar-refractivity contribution < 1.29 is 23.1 Å². The molecule has 0 saturated carbocycles. The van der Waals surface area contributed by atoms with Crippen molar-refractivity contribution in [1.29, 1.82) is 0 Å². The van der Waals surface area contributed by atoms with Crippen LogP contribution < -0.4 is 10.6 Å². The first kappa shape index (κ1) is 30.6. The van der Waals surface area contributed by atoms with Crippen molar-refractivity contribution in [3.63, 3.8) is 0 Å². The van der Waals surface area contributed by atoms with Crippen molar-refractivity contribution in [2.45, 2.75) is 59.7 Å². The Morgan fingerprint density at radius 3 is 2.38 bits per heavy atom. The zero-order valence-corrected chi connectivity index (χ0v) is 23.9. The summed E-state index contributed by atoms with van der Waals surface area (Å²) in [4.78, 5) is 31.5. The minimum atomic E-state index is -0.625. The molecule has 212 valence electrons. The third kappa shape index (κ3) is 8.26. The number of halogens is 3. The fourth-order valence-corrected chi connectivity index (χ4v) is 4.04. The Kier molecular flexibility index (Phi) is 10.2. The van der Waals surface area contributed by atoms with Crippen LogP contribution in [-0.4, -0.2) is 27.6 Å². The highest BCUT2D eigenvalue weighted by molar-refractivity contribution is 6.35. The number of fused-ring (bicyclic) bond motifs is 1. The zero-order valence-electron chi connectivity index (χ0n) is 23.1. The molecule has 0 saturated heterocycles. The molecule has 10 heteroatoms. The molecule has 0 radical (unpaired) electrons. The molecule has 4 rings (SSSR count). The normalized spacial score (nSPS) is 11.0. The first-order valence-electron chi connectivity index (χ1n) is 12.9. The number of ether oxygens (including phenoxy) is 1. The molecular formula is C30H33ClF2N4O3. The van der Waals surface area contributed by atoms with Crippen LogP contribution in [0.1, 0.15) is 67.2 Å². The van der Waals surface area contributed by atoms with Crippen molar-refractivity contribution in [3.8, 4) is 0 Å². The number of rotatable bonds is 7. The van der Waals surface area contributed by atoms with E-state index in [-0.39, 0.29) is 25.1 Å². The number of nitrogens with one attached hydrogen (secondary N) is 3. The number of aromatic nitrogens is 2. The van der Waals surface area contributed by atoms with E-state index in [1.807, 2.05) is 13.8 Å². The number of pyridine rings is 1. The summed E-state index contributed by atoms with van der Waals surface area (Å²) in [5.41, 5.74) is 2.11. The van der Waals surface area contributed by atoms with E-state index < -0.39 is 29.2 Å². The van der Waals surface area contributed by atoms with Gasteiger partial charge in [0.2, 0.25) is 0 Å². The molecular weight excluding hydrogens is 538 g/mol. The second-order valence-corrected chi connectivity index (χ2v) is 10.3. The Bertz CT molecular complexity index is 1500. The molecule has 0 aliphatic heterocycles. The van der Waals surface area contributed by atoms with Crippen LogP contribution in [0.15, 0.2) is 55.0 Å². The highest BCUT2D eigenvalue weighted by Gasteiger charge is 2.16. The highest BCUT2D eigenvalue weighted by atomic mass is 35.5. The van der Waals surface area contributed by atoms with Crippen molar-refractivity contribution in [3.05, 3.63) is 99.5 Å². The number of nitrogens with zero attached hydrogens (tertiary/aromatic N) is 1. The largest absolute Gasteiger partial charge is 0.444 e. The van der Waals surface area contributed by atoms with Gasteiger partial charge in [0.05, 0.1) is 10.6 Å². The van der Waals surface area contributed by atoms with Gasteiger partial charge >= 0.3 is 6.09 Å². The smallest absolute Gasteiger partial charge is 0.407 e. The molecule has 2 aromatic carbocycles. The molecule has 3 N–H and O–H groups in total. The summed E-state index contributed by atoms with van der Waals surface area (Å²) in [5.74, 6) is -1.36. The summed E-state index contributed by atoms with van der Waals surface area (Å²) in [5, 5.41) is 6.41. The van der Waals surface area contributed by atoms with Crippen LogP contribution in [0.5, 0.6) is 0 Å². The molecule has 0 atom stereocenters. The van der Waals surface area contributed by atoms with E-state index in [9.17, 15) is 18.4 Å². The lowest BCUT2D eigenvalue weighted by atomic mass is 10.0. The van der Waals surface area contributed by atoms with Gasteiger partial charge in [-0.05, 0) is 61.7 Å². The standard InChI is InChI=1S/C28H27ClF2N4O3.C2H6/c1-28(2,3)38-27(37)35-12-16-4-5-18(23(30)8-16)6-17-7-20(13-32-11-17)26(36)34-14-19-9-21-22(29)15-33-25(21)10-24(19)31;1-2/h4-5,7-11,13,15,33H,6,12,14H2,1-3H3,(H,34,36)(H,35,37);1-2H3. The number of alkyl carbamates (subject to hydrolysis) is 1. The number of hydrogen-bond donors (Lipinski definition) is 3. The summed E-state index contributed by atoms with van der Waals surface area (Å²) in [6.45, 7) is 9.35. The van der Waals surface area contributed by atoms with Crippen LogP contribution in [-0.2, 0) is 24.2 Å². The molecule has 2 aromatic heterocycles. The fraction of sp³-hybridized carbons (Fsp3) is 0.300. The van der Waals surface area contributed by atoms with Gasteiger partial charge in [0.1, 0.15) is 17.2 Å². The molecule has 4 aromatic rings. The van der Waals surface area contributed by atoms with Crippen molar-refractivity contribution >= 4 is 34.5 Å². The lowest BCUT2D eigenvalue weighted by Crippen LogP contribution is -2.32. The molecule has 2 heterocycles. The van der Waals surface area contributed by atoms with Crippen LogP contribution in [0, 0.1) is 11.6 Å². The number of carbonyl (C=O) groups excluding carboxylic acids is 2. The number of carbonyl (C=O) groups is 2. The summed E-state index contributed by atoms with van der Waals surface area (Å²) in [6.07, 6.45) is 4.14. The Hall–Kier alpha value is -3.98. The lowest BCUT2D eigenvalue weighted by molar-refractivity contribution is 0.0523. The SMILES string of the molecule is CC.CC(C)(C)OC(=O)NCc1ccc(Cc2cncc(C(=O)NCc3cc4c(Cl)c[nH]c4cc3F)c2)c(F)c1. The van der Waals surface area contributed by atoms with Gasteiger partial charge in [-0.1, -0.05) is 37.6 Å². The summed E-state index contributed by atoms with van der Waals surface area (Å²) < 4.78 is 34.4. The molecule has 2 amide bonds. The zero-order chi connectivity index (χ0) is 29.4. The highest BCUT2D eigenvalue weighted by Crippen LogP contribution is 2.26. The monoisotopic (exact) mass is 570 g/mol. The van der Waals surface area contributed by atoms with E-state index >= 15 is 0 Å². The second-order valence-electron chi connectivity index (χ2n) is 9.85. The predicted octanol–water partition coefficient (Wildman–Crippen LogP) is 7.07. The summed E-state index contributed by atoms with van der Waals surface area (Å²) >= 11 is 6.11. The van der Waals surface area contributed by atoms with E-state index in [0.29, 0.717) is 38.2 Å². The van der Waals surface area contributed by atoms with Crippen LogP contribution in [0.25, 0.3) is 10.9 Å². The maximum absolute atomic E-state index is 14.8. The quantitative estimate of drug-likeness (QED) is 0.221. The minimum Gasteiger partial charge on any atom is -0.444 e. The summed E-state index contributed by atoms with van der Waals surface area (Å²) in [7, 11) is 0. The third-order valence-corrected chi connectivity index (χ3v) is 5.96. The van der Waals surface area contributed by atoms with Gasteiger partial charge in [-0.2, -0.15) is 0 Å². The van der Waals surface area contributed by atoms with E-state index in [0.717, 1.165) is 0 Å². The van der Waals surface area contributed by atoms with Crippen molar-refractivity contribution in [2.24, 2.45) is 0 Å². The molecule has 0 fully saturated rings. The first-order chi connectivity index (χ1) is 19.0. The number of aromatic amines is 1. The van der Waals surface area contributed by atoms with Crippen LogP contribution in [0.4, 0.5) is 13.6 Å². The van der Waals surface area contributed by atoms with Crippen molar-refractivity contribution in [2.75, 3.05) is 0 Å². The lowest BCUT2D eigenvalue weighted by Gasteiger charge is -2.19. The molecule has 0 bridgehead atoms. The maximum atomic E-state index is 14.8. The number of amides is 2. The van der Waals surface area contributed by atoms with Gasteiger partial charge < -0.3 is 20.4 Å². The average Bonchev–Trinajstić information content (AvgIpc) is 3.26. The van der Waals surface area contributed by atoms with Crippen LogP contribution in [0.3, 0.4) is 0 Å². The number of hydrogen-bond acceptors (Lipinski definition) is 4. The van der Waals surface area contributed by atoms with Gasteiger partial charge in [-0.25, -0.2) is 13.6 Å². The molecule has 7 nitrogen and oxygen atoms in total. The van der Waals surface area contributed by atoms with Gasteiger partial charge in [-0.3, -0.25) is 9.78 Å². The molecule has 0 aliphatic rings. The van der Waals surface area contributed by atoms with Crippen molar-refractivity contribution in [1.82, 2.24) is 20.6 Å². The van der Waals surface area contributed by atoms with Gasteiger partial charge in [0, 0.05) is 54.6 Å². The van der Waals surface area contributed by atoms with Gasteiger partial charge in [0.15, 0.2) is 0 Å². The van der Waals surface area contributed by atoms with Gasteiger partial charge in [0.25, 0.3) is 5.91 Å². The summed E-state index contributed by atoms with van der Waals surface area (Å²) in [6, 6.07) is 9.22. The molecule has 0 spiro atoms. The topological polar surface area (TPSA) is 96.1 Å². The minimum absolute atomic E-state index is 0.0419. The van der Waals surface area contributed by atoms with Crippen LogP contribution >= 0.6 is 11.6 Å². The van der Waals surface area contributed by atoms with E-state index in [4.69, 9.17) is 16.3 Å². The maximum Gasteiger partial charge on any atom is 0.407 e. The Balaban J connectivity index is 0.00000216. The second kappa shape index (κ2) is 13.4. The van der Waals surface area contributed by atoms with Gasteiger partial charge in [-0.15, -0.1) is 0 Å². The number of benzene rings is 2. The van der Waals surface area contributed by atoms with E-state index in [1.165, 1.54) is 18.3 Å². The molecule has 0 unspecified atom stereocenters. The fourth-order valence-electron chi connectivity index (χ4n) is 3.83. The Morgan fingerprint density at radius 1 is 0.950 bits per heavy atom. The molecule has 40 heavy (non-hydrogen) atoms. The Labute approximate surface area is 237 Å². The predicted molar refractivity (Wildman–Crippen MR) is 152 cm³/mol. The number of H-pyrrole nitrogens is 1. The Morgan fingerprint density at radius 2 is 1.68 bits per heavy atom. The van der Waals surface area contributed by atoms with E-state index in [2.05, 4.69) is 20.6 Å². The third-order valence-electron chi connectivity index (χ3n) is 5.64.